The summed E-state index contributed by atoms with van der Waals surface area (Å²) in [5.74, 6) is -2.32. The van der Waals surface area contributed by atoms with Crippen LogP contribution in [0.3, 0.4) is 0 Å². The molecule has 2 aliphatic heterocycles. The van der Waals surface area contributed by atoms with E-state index in [9.17, 15) is 29.9 Å². The highest BCUT2D eigenvalue weighted by Crippen LogP contribution is 2.63. The molecule has 1 aliphatic carbocycles. The fraction of sp³-hybridized carbons (Fsp3) is 0.529. The molecule has 2 fully saturated rings. The minimum Gasteiger partial charge on any atom is -0.669 e. The van der Waals surface area contributed by atoms with Crippen molar-refractivity contribution in [3.05, 3.63) is 23.3 Å². The zero-order valence-electron chi connectivity index (χ0n) is 15.2. The van der Waals surface area contributed by atoms with Gasteiger partial charge in [-0.2, -0.15) is 0 Å². The molecular weight excluding hydrogens is 371 g/mol. The number of hydrogen-bond donors (Lipinski definition) is 5. The molecule has 4 rings (SSSR count). The van der Waals surface area contributed by atoms with Gasteiger partial charge in [-0.25, -0.2) is 4.79 Å². The molecule has 0 spiro atoms. The smallest absolute Gasteiger partial charge is 0.434 e. The molecule has 1 saturated heterocycles. The number of aliphatic hydroxyl groups is 1. The van der Waals surface area contributed by atoms with Crippen LogP contribution in [0.4, 0.5) is 0 Å². The molecule has 0 unspecified atom stereocenters. The van der Waals surface area contributed by atoms with Gasteiger partial charge in [-0.05, 0) is 24.5 Å². The van der Waals surface area contributed by atoms with Crippen LogP contribution < -0.4 is 15.1 Å². The first-order valence-electron chi connectivity index (χ1n) is 9.09. The normalized spacial score (nSPS) is 26.8. The van der Waals surface area contributed by atoms with Crippen molar-refractivity contribution >= 4 is 18.6 Å². The quantitative estimate of drug-likeness (QED) is 0.389. The van der Waals surface area contributed by atoms with Gasteiger partial charge >= 0.3 is 12.7 Å². The lowest BCUT2D eigenvalue weighted by Gasteiger charge is -2.42. The Balaban J connectivity index is 1.53. The number of likely N-dealkylation sites (tertiary alicyclic amines) is 1. The number of hydrogen-bond acceptors (Lipinski definition) is 8. The average molecular weight is 393 g/mol. The van der Waals surface area contributed by atoms with Gasteiger partial charge in [0.25, 0.3) is 0 Å². The van der Waals surface area contributed by atoms with Crippen molar-refractivity contribution in [2.24, 2.45) is 5.73 Å². The number of benzene rings is 1. The zero-order valence-corrected chi connectivity index (χ0v) is 15.2. The summed E-state index contributed by atoms with van der Waals surface area (Å²) in [5.41, 5.74) is 4.71. The van der Waals surface area contributed by atoms with Crippen LogP contribution in [0.1, 0.15) is 35.2 Å². The van der Waals surface area contributed by atoms with Crippen molar-refractivity contribution in [1.82, 2.24) is 4.90 Å². The lowest BCUT2D eigenvalue weighted by molar-refractivity contribution is -0.146. The second-order valence-corrected chi connectivity index (χ2v) is 8.07. The molecule has 1 aromatic rings. The Kier molecular flexibility index (Phi) is 4.13. The molecule has 1 saturated carbocycles. The predicted octanol–water partition coefficient (Wildman–Crippen LogP) is -1.14. The molecule has 1 aromatic carbocycles. The topological polar surface area (TPSA) is 163 Å². The van der Waals surface area contributed by atoms with Crippen molar-refractivity contribution in [1.29, 1.82) is 0 Å². The highest BCUT2D eigenvalue weighted by molar-refractivity contribution is 6.62. The van der Waals surface area contributed by atoms with E-state index in [1.54, 1.807) is 6.07 Å². The molecule has 3 atom stereocenters. The van der Waals surface area contributed by atoms with Crippen LogP contribution in [-0.2, 0) is 4.79 Å². The van der Waals surface area contributed by atoms with Gasteiger partial charge in [0, 0.05) is 0 Å². The molecule has 3 aliphatic rings. The number of amides is 1. The number of carbonyl (C=O) groups excluding carboxylic acids is 1. The molecule has 11 heteroatoms. The first-order chi connectivity index (χ1) is 13.0. The number of carboxylic acid groups (broad SMARTS) is 1. The van der Waals surface area contributed by atoms with Crippen LogP contribution in [0.25, 0.3) is 0 Å². The van der Waals surface area contributed by atoms with Gasteiger partial charge in [-0.1, -0.05) is 18.3 Å². The van der Waals surface area contributed by atoms with E-state index >= 15 is 0 Å². The maximum absolute atomic E-state index is 12.2. The summed E-state index contributed by atoms with van der Waals surface area (Å²) in [6.45, 7) is -1.78. The number of nitrogens with two attached hydrogens (primary N) is 1. The predicted molar refractivity (Wildman–Crippen MR) is 96.0 cm³/mol. The van der Waals surface area contributed by atoms with Crippen molar-refractivity contribution < 1.29 is 39.2 Å². The van der Waals surface area contributed by atoms with Crippen LogP contribution in [0.15, 0.2) is 12.1 Å². The number of carboxylic acids is 1. The number of fused-ring (bicyclic) bond motifs is 3. The molecule has 0 bridgehead atoms. The molecule has 0 radical (unpaired) electrons. The van der Waals surface area contributed by atoms with E-state index in [1.165, 1.54) is 17.9 Å². The van der Waals surface area contributed by atoms with E-state index in [-0.39, 0.29) is 36.1 Å². The second-order valence-electron chi connectivity index (χ2n) is 8.07. The Morgan fingerprint density at radius 3 is 2.68 bits per heavy atom. The SMILES string of the molecule is C[C@@](N)(CO)C(=O)N1CC(Oc2ccc3c(c2C(=O)O)O[B-](O)(O)[C@@H]2C[C@H]32)C1. The summed E-state index contributed by atoms with van der Waals surface area (Å²) >= 11 is 0. The molecule has 28 heavy (non-hydrogen) atoms. The Bertz CT molecular complexity index is 852. The van der Waals surface area contributed by atoms with Crippen molar-refractivity contribution in [3.8, 4) is 11.5 Å². The maximum Gasteiger partial charge on any atom is 0.434 e. The van der Waals surface area contributed by atoms with Gasteiger partial charge in [0.05, 0.1) is 25.4 Å². The number of ether oxygens (including phenoxy) is 1. The number of rotatable bonds is 5. The monoisotopic (exact) mass is 393 g/mol. The van der Waals surface area contributed by atoms with E-state index in [0.29, 0.717) is 12.0 Å². The number of aromatic carboxylic acids is 1. The summed E-state index contributed by atoms with van der Waals surface area (Å²) in [7, 11) is 0. The van der Waals surface area contributed by atoms with Gasteiger partial charge in [-0.3, -0.25) is 4.79 Å². The Labute approximate surface area is 160 Å². The van der Waals surface area contributed by atoms with Gasteiger partial charge in [0.1, 0.15) is 23.0 Å². The summed E-state index contributed by atoms with van der Waals surface area (Å²) < 4.78 is 11.0. The summed E-state index contributed by atoms with van der Waals surface area (Å²) in [6, 6.07) is 3.21. The van der Waals surface area contributed by atoms with E-state index in [2.05, 4.69) is 0 Å². The molecular formula is C17H22BN2O8-. The van der Waals surface area contributed by atoms with Crippen molar-refractivity contribution in [3.63, 3.8) is 0 Å². The van der Waals surface area contributed by atoms with E-state index in [4.69, 9.17) is 15.1 Å². The van der Waals surface area contributed by atoms with Crippen molar-refractivity contribution in [2.75, 3.05) is 19.7 Å². The van der Waals surface area contributed by atoms with Gasteiger partial charge in [0.2, 0.25) is 5.91 Å². The second kappa shape index (κ2) is 6.08. The third-order valence-electron chi connectivity index (χ3n) is 5.70. The molecule has 152 valence electrons. The summed E-state index contributed by atoms with van der Waals surface area (Å²) in [6.07, 6.45) is 0.0761. The van der Waals surface area contributed by atoms with Crippen LogP contribution in [0, 0.1) is 0 Å². The largest absolute Gasteiger partial charge is 0.669 e. The summed E-state index contributed by atoms with van der Waals surface area (Å²) in [4.78, 5) is 25.4. The fourth-order valence-electron chi connectivity index (χ4n) is 3.90. The summed E-state index contributed by atoms with van der Waals surface area (Å²) in [5, 5.41) is 38.9. The highest BCUT2D eigenvalue weighted by atomic mass is 16.6. The average Bonchev–Trinajstić information content (AvgIpc) is 3.38. The van der Waals surface area contributed by atoms with Crippen LogP contribution in [0.5, 0.6) is 11.5 Å². The van der Waals surface area contributed by atoms with E-state index in [1.807, 2.05) is 0 Å². The number of aliphatic hydroxyl groups excluding tert-OH is 1. The molecule has 0 aromatic heterocycles. The van der Waals surface area contributed by atoms with Crippen LogP contribution in [-0.4, -0.2) is 75.1 Å². The standard InChI is InChI=1S/C17H22BN2O8/c1-17(19,7-21)16(24)20-5-8(6-20)27-12-3-2-9-10-4-11(10)18(25,26)28-14(9)13(12)15(22)23/h2-3,8,10-11,21,25-26H,4-7,19H2,1H3,(H,22,23)/q-1/t10-,11-,17-/m1/s1. The van der Waals surface area contributed by atoms with Gasteiger partial charge in [0.15, 0.2) is 0 Å². The maximum atomic E-state index is 12.2. The highest BCUT2D eigenvalue weighted by Gasteiger charge is 2.55. The zero-order chi connectivity index (χ0) is 20.4. The molecule has 2 heterocycles. The minimum absolute atomic E-state index is 0.0340. The Morgan fingerprint density at radius 1 is 1.39 bits per heavy atom. The molecule has 10 nitrogen and oxygen atoms in total. The third kappa shape index (κ3) is 2.91. The van der Waals surface area contributed by atoms with E-state index in [0.717, 1.165) is 0 Å². The Hall–Kier alpha value is -2.34. The third-order valence-corrected chi connectivity index (χ3v) is 5.70. The Morgan fingerprint density at radius 2 is 2.07 bits per heavy atom. The van der Waals surface area contributed by atoms with Gasteiger partial charge < -0.3 is 40.3 Å². The number of carbonyl (C=O) groups is 2. The fourth-order valence-corrected chi connectivity index (χ4v) is 3.90. The van der Waals surface area contributed by atoms with Gasteiger partial charge in [-0.15, -0.1) is 0 Å². The van der Waals surface area contributed by atoms with Crippen LogP contribution in [0.2, 0.25) is 5.82 Å². The molecule has 1 amide bonds. The van der Waals surface area contributed by atoms with Crippen LogP contribution >= 0.6 is 0 Å². The first kappa shape index (κ1) is 19.0. The van der Waals surface area contributed by atoms with Crippen molar-refractivity contribution in [2.45, 2.75) is 36.7 Å². The lowest BCUT2D eigenvalue weighted by Crippen LogP contribution is -2.64. The number of nitrogens with zero attached hydrogens (tertiary/aromatic N) is 1. The molecule has 6 N–H and O–H groups in total. The first-order valence-corrected chi connectivity index (χ1v) is 9.09. The van der Waals surface area contributed by atoms with E-state index < -0.39 is 42.7 Å². The lowest BCUT2D eigenvalue weighted by atomic mass is 9.68. The minimum atomic E-state index is -3.11.